The van der Waals surface area contributed by atoms with E-state index in [0.29, 0.717) is 36.7 Å². The number of amides is 1. The van der Waals surface area contributed by atoms with Crippen molar-refractivity contribution < 1.29 is 17.9 Å². The predicted molar refractivity (Wildman–Crippen MR) is 74.4 cm³/mol. The minimum atomic E-state index is -3.26. The maximum Gasteiger partial charge on any atom is 0.261 e. The minimum absolute atomic E-state index is 0.190. The van der Waals surface area contributed by atoms with Crippen LogP contribution in [-0.2, 0) is 21.2 Å². The van der Waals surface area contributed by atoms with Gasteiger partial charge in [0, 0.05) is 31.5 Å². The fraction of sp³-hybridized carbons (Fsp3) is 0.545. The highest BCUT2D eigenvalue weighted by Gasteiger charge is 2.29. The third-order valence-electron chi connectivity index (χ3n) is 2.81. The van der Waals surface area contributed by atoms with Gasteiger partial charge in [0.2, 0.25) is 10.0 Å². The molecule has 0 fully saturated rings. The van der Waals surface area contributed by atoms with Crippen LogP contribution >= 0.6 is 11.3 Å². The Kier molecular flexibility index (Phi) is 4.12. The molecule has 0 saturated carbocycles. The van der Waals surface area contributed by atoms with Crippen LogP contribution < -0.4 is 9.62 Å². The van der Waals surface area contributed by atoms with Crippen LogP contribution in [0.15, 0.2) is 6.07 Å². The number of carbonyl (C=O) groups excluding carboxylic acids is 1. The van der Waals surface area contributed by atoms with Gasteiger partial charge in [-0.1, -0.05) is 0 Å². The van der Waals surface area contributed by atoms with Gasteiger partial charge in [-0.15, -0.1) is 11.3 Å². The second-order valence-electron chi connectivity index (χ2n) is 4.25. The number of hydrogen-bond acceptors (Lipinski definition) is 5. The van der Waals surface area contributed by atoms with E-state index in [9.17, 15) is 13.2 Å². The van der Waals surface area contributed by atoms with E-state index >= 15 is 0 Å². The van der Waals surface area contributed by atoms with Crippen LogP contribution in [0, 0.1) is 0 Å². The molecular weight excluding hydrogens is 288 g/mol. The molecule has 1 aromatic rings. The maximum atomic E-state index is 11.9. The van der Waals surface area contributed by atoms with Gasteiger partial charge >= 0.3 is 0 Å². The molecule has 1 aliphatic rings. The van der Waals surface area contributed by atoms with Crippen LogP contribution in [0.2, 0.25) is 0 Å². The molecular formula is C11H16N2O4S2. The Balaban J connectivity index is 2.13. The number of methoxy groups -OCH3 is 1. The van der Waals surface area contributed by atoms with Crippen LogP contribution in [0.1, 0.15) is 14.5 Å². The van der Waals surface area contributed by atoms with E-state index < -0.39 is 10.0 Å². The summed E-state index contributed by atoms with van der Waals surface area (Å²) in [5.74, 6) is -0.190. The summed E-state index contributed by atoms with van der Waals surface area (Å²) in [7, 11) is -1.70. The lowest BCUT2D eigenvalue weighted by Crippen LogP contribution is -2.28. The molecule has 1 N–H and O–H groups in total. The van der Waals surface area contributed by atoms with Gasteiger partial charge in [-0.25, -0.2) is 8.42 Å². The summed E-state index contributed by atoms with van der Waals surface area (Å²) in [6, 6.07) is 1.65. The third kappa shape index (κ3) is 3.07. The summed E-state index contributed by atoms with van der Waals surface area (Å²) >= 11 is 1.35. The Labute approximate surface area is 116 Å². The summed E-state index contributed by atoms with van der Waals surface area (Å²) < 4.78 is 29.4. The van der Waals surface area contributed by atoms with Crippen molar-refractivity contribution in [1.82, 2.24) is 5.32 Å². The normalized spacial score (nSPS) is 14.5. The van der Waals surface area contributed by atoms with Crippen molar-refractivity contribution in [3.8, 4) is 0 Å². The van der Waals surface area contributed by atoms with Crippen LogP contribution in [0.4, 0.5) is 5.69 Å². The molecule has 0 atom stereocenters. The van der Waals surface area contributed by atoms with Crippen molar-refractivity contribution in [2.24, 2.45) is 0 Å². The topological polar surface area (TPSA) is 75.7 Å². The average molecular weight is 304 g/mol. The van der Waals surface area contributed by atoms with Crippen molar-refractivity contribution in [2.45, 2.75) is 6.42 Å². The van der Waals surface area contributed by atoms with E-state index in [1.807, 2.05) is 0 Å². The van der Waals surface area contributed by atoms with Gasteiger partial charge in [0.25, 0.3) is 5.91 Å². The van der Waals surface area contributed by atoms with Gasteiger partial charge < -0.3 is 10.1 Å². The molecule has 19 heavy (non-hydrogen) atoms. The molecule has 2 heterocycles. The Morgan fingerprint density at radius 2 is 2.32 bits per heavy atom. The summed E-state index contributed by atoms with van der Waals surface area (Å²) in [6.07, 6.45) is 1.84. The van der Waals surface area contributed by atoms with Crippen molar-refractivity contribution in [3.05, 3.63) is 15.8 Å². The molecule has 0 saturated heterocycles. The van der Waals surface area contributed by atoms with Crippen LogP contribution in [0.25, 0.3) is 0 Å². The Morgan fingerprint density at radius 3 is 2.95 bits per heavy atom. The molecule has 0 radical (unpaired) electrons. The highest BCUT2D eigenvalue weighted by Crippen LogP contribution is 2.37. The molecule has 1 aliphatic heterocycles. The predicted octanol–water partition coefficient (Wildman–Crippen LogP) is 0.446. The highest BCUT2D eigenvalue weighted by molar-refractivity contribution is 7.92. The van der Waals surface area contributed by atoms with Gasteiger partial charge in [-0.05, 0) is 6.07 Å². The molecule has 1 aromatic heterocycles. The van der Waals surface area contributed by atoms with Crippen LogP contribution in [0.3, 0.4) is 0 Å². The van der Waals surface area contributed by atoms with Crippen LogP contribution in [0.5, 0.6) is 0 Å². The molecule has 8 heteroatoms. The van der Waals surface area contributed by atoms with Gasteiger partial charge in [-0.3, -0.25) is 9.10 Å². The number of fused-ring (bicyclic) bond motifs is 1. The number of nitrogens with one attached hydrogen (secondary N) is 1. The zero-order chi connectivity index (χ0) is 14.0. The van der Waals surface area contributed by atoms with E-state index in [1.54, 1.807) is 13.2 Å². The first-order chi connectivity index (χ1) is 8.93. The molecule has 2 rings (SSSR count). The molecule has 1 amide bonds. The van der Waals surface area contributed by atoms with Crippen molar-refractivity contribution in [2.75, 3.05) is 37.4 Å². The first kappa shape index (κ1) is 14.3. The number of thiophene rings is 1. The van der Waals surface area contributed by atoms with Gasteiger partial charge in [-0.2, -0.15) is 0 Å². The summed E-state index contributed by atoms with van der Waals surface area (Å²) in [6.45, 7) is 1.35. The molecule has 0 unspecified atom stereocenters. The van der Waals surface area contributed by atoms with Crippen molar-refractivity contribution in [3.63, 3.8) is 0 Å². The molecule has 106 valence electrons. The number of rotatable bonds is 5. The fourth-order valence-corrected chi connectivity index (χ4v) is 4.01. The van der Waals surface area contributed by atoms with Crippen LogP contribution in [-0.4, -0.2) is 47.4 Å². The highest BCUT2D eigenvalue weighted by atomic mass is 32.2. The number of ether oxygens (including phenoxy) is 1. The lowest BCUT2D eigenvalue weighted by molar-refractivity contribution is 0.0941. The second kappa shape index (κ2) is 5.48. The van der Waals surface area contributed by atoms with Gasteiger partial charge in [0.05, 0.1) is 23.4 Å². The van der Waals surface area contributed by atoms with E-state index in [1.165, 1.54) is 21.9 Å². The lowest BCUT2D eigenvalue weighted by Gasteiger charge is -2.14. The number of sulfonamides is 1. The first-order valence-electron chi connectivity index (χ1n) is 5.81. The lowest BCUT2D eigenvalue weighted by atomic mass is 10.3. The smallest absolute Gasteiger partial charge is 0.261 e. The SMILES string of the molecule is COCCNC(=O)c1cc2c(s1)CCN2S(C)(=O)=O. The Bertz CT molecular complexity index is 580. The quantitative estimate of drug-likeness (QED) is 0.801. The standard InChI is InChI=1S/C11H16N2O4S2/c1-17-6-4-12-11(14)10-7-8-9(18-10)3-5-13(8)19(2,15)16/h7H,3-6H2,1-2H3,(H,12,14). The molecule has 0 aromatic carbocycles. The average Bonchev–Trinajstić information content (AvgIpc) is 2.86. The monoisotopic (exact) mass is 304 g/mol. The van der Waals surface area contributed by atoms with Gasteiger partial charge in [0.15, 0.2) is 0 Å². The summed E-state index contributed by atoms with van der Waals surface area (Å²) in [4.78, 5) is 13.3. The fourth-order valence-electron chi connectivity index (χ4n) is 1.94. The zero-order valence-electron chi connectivity index (χ0n) is 10.8. The number of nitrogens with zero attached hydrogens (tertiary/aromatic N) is 1. The van der Waals surface area contributed by atoms with E-state index in [4.69, 9.17) is 4.74 Å². The zero-order valence-corrected chi connectivity index (χ0v) is 12.4. The number of hydrogen-bond donors (Lipinski definition) is 1. The summed E-state index contributed by atoms with van der Waals surface area (Å²) in [5, 5.41) is 2.72. The summed E-state index contributed by atoms with van der Waals surface area (Å²) in [5.41, 5.74) is 0.643. The largest absolute Gasteiger partial charge is 0.383 e. The number of carbonyl (C=O) groups is 1. The second-order valence-corrected chi connectivity index (χ2v) is 7.30. The molecule has 0 aliphatic carbocycles. The Hall–Kier alpha value is -1.12. The van der Waals surface area contributed by atoms with E-state index in [-0.39, 0.29) is 5.91 Å². The van der Waals surface area contributed by atoms with E-state index in [2.05, 4.69) is 5.32 Å². The maximum absolute atomic E-state index is 11.9. The van der Waals surface area contributed by atoms with Crippen molar-refractivity contribution >= 4 is 33.0 Å². The van der Waals surface area contributed by atoms with Gasteiger partial charge in [0.1, 0.15) is 0 Å². The molecule has 0 bridgehead atoms. The minimum Gasteiger partial charge on any atom is -0.383 e. The van der Waals surface area contributed by atoms with E-state index in [0.717, 1.165) is 4.88 Å². The first-order valence-corrected chi connectivity index (χ1v) is 8.47. The number of anilines is 1. The Morgan fingerprint density at radius 1 is 1.58 bits per heavy atom. The van der Waals surface area contributed by atoms with Crippen molar-refractivity contribution in [1.29, 1.82) is 0 Å². The third-order valence-corrected chi connectivity index (χ3v) is 5.18. The molecule has 0 spiro atoms. The molecule has 6 nitrogen and oxygen atoms in total.